The third-order valence-electron chi connectivity index (χ3n) is 6.20. The van der Waals surface area contributed by atoms with Crippen molar-refractivity contribution in [2.75, 3.05) is 0 Å². The van der Waals surface area contributed by atoms with E-state index in [1.165, 1.54) is 6.42 Å². The highest BCUT2D eigenvalue weighted by molar-refractivity contribution is 5.89. The average Bonchev–Trinajstić information content (AvgIpc) is 2.54. The molecule has 0 unspecified atom stereocenters. The van der Waals surface area contributed by atoms with E-state index in [0.717, 1.165) is 12.0 Å². The fraction of sp³-hybridized carbons (Fsp3) is 0.579. The number of hydrogen-bond donors (Lipinski definition) is 2. The number of benzene rings is 1. The number of nitrogens with two attached hydrogens (primary N) is 1. The molecule has 0 aromatic heterocycles. The predicted octanol–water partition coefficient (Wildman–Crippen LogP) is 3.08. The lowest BCUT2D eigenvalue weighted by Gasteiger charge is -2.61. The highest BCUT2D eigenvalue weighted by Gasteiger charge is 2.57. The minimum absolute atomic E-state index is 0.0190. The average molecular weight is 330 g/mol. The van der Waals surface area contributed by atoms with Crippen LogP contribution in [0.4, 0.5) is 4.79 Å². The zero-order valence-corrected chi connectivity index (χ0v) is 14.5. The number of fused-ring (bicyclic) bond motifs is 2. The van der Waals surface area contributed by atoms with E-state index in [9.17, 15) is 9.59 Å². The van der Waals surface area contributed by atoms with Crippen molar-refractivity contribution in [1.29, 1.82) is 0 Å². The first-order valence-electron chi connectivity index (χ1n) is 8.62. The van der Waals surface area contributed by atoms with Crippen LogP contribution in [0.2, 0.25) is 0 Å². The molecular formula is C19H26N2O3. The minimum atomic E-state index is -0.564. The maximum absolute atomic E-state index is 12.4. The molecule has 2 bridgehead atoms. The molecule has 3 aliphatic rings. The van der Waals surface area contributed by atoms with Crippen molar-refractivity contribution < 1.29 is 14.3 Å². The number of ether oxygens (including phenoxy) is 1. The normalized spacial score (nSPS) is 30.1. The summed E-state index contributed by atoms with van der Waals surface area (Å²) in [6.45, 7) is 7.22. The number of rotatable bonds is 4. The Kier molecular flexibility index (Phi) is 4.28. The molecule has 3 N–H and O–H groups in total. The van der Waals surface area contributed by atoms with Gasteiger partial charge in [0.15, 0.2) is 0 Å². The Morgan fingerprint density at radius 1 is 1.25 bits per heavy atom. The van der Waals surface area contributed by atoms with Gasteiger partial charge in [-0.3, -0.25) is 0 Å². The van der Waals surface area contributed by atoms with Gasteiger partial charge >= 0.3 is 12.0 Å². The van der Waals surface area contributed by atoms with Crippen LogP contribution in [0.15, 0.2) is 24.3 Å². The van der Waals surface area contributed by atoms with Gasteiger partial charge in [-0.1, -0.05) is 32.9 Å². The fourth-order valence-electron chi connectivity index (χ4n) is 4.41. The summed E-state index contributed by atoms with van der Waals surface area (Å²) in [5.74, 6) is 1.46. The summed E-state index contributed by atoms with van der Waals surface area (Å²) in [6, 6.07) is 6.51. The Morgan fingerprint density at radius 2 is 1.92 bits per heavy atom. The van der Waals surface area contributed by atoms with Crippen LogP contribution in [0.3, 0.4) is 0 Å². The summed E-state index contributed by atoms with van der Waals surface area (Å²) < 4.78 is 5.79. The van der Waals surface area contributed by atoms with E-state index in [2.05, 4.69) is 26.1 Å². The molecule has 1 aromatic carbocycles. The van der Waals surface area contributed by atoms with Gasteiger partial charge in [0.25, 0.3) is 0 Å². The second-order valence-corrected chi connectivity index (χ2v) is 7.81. The van der Waals surface area contributed by atoms with E-state index < -0.39 is 6.03 Å². The van der Waals surface area contributed by atoms with E-state index in [1.807, 2.05) is 0 Å². The van der Waals surface area contributed by atoms with Crippen molar-refractivity contribution >= 4 is 12.0 Å². The van der Waals surface area contributed by atoms with Gasteiger partial charge in [0.2, 0.25) is 0 Å². The molecule has 24 heavy (non-hydrogen) atoms. The predicted molar refractivity (Wildman–Crippen MR) is 91.2 cm³/mol. The molecule has 4 atom stereocenters. The Balaban J connectivity index is 1.58. The van der Waals surface area contributed by atoms with Crippen molar-refractivity contribution in [2.45, 2.75) is 46.3 Å². The maximum Gasteiger partial charge on any atom is 0.338 e. The van der Waals surface area contributed by atoms with Gasteiger partial charge in [-0.2, -0.15) is 0 Å². The van der Waals surface area contributed by atoms with E-state index in [0.29, 0.717) is 35.3 Å². The smallest absolute Gasteiger partial charge is 0.338 e. The second-order valence-electron chi connectivity index (χ2n) is 7.81. The molecule has 5 nitrogen and oxygen atoms in total. The quantitative estimate of drug-likeness (QED) is 0.832. The first-order valence-corrected chi connectivity index (χ1v) is 8.62. The number of esters is 1. The summed E-state index contributed by atoms with van der Waals surface area (Å²) in [7, 11) is 0. The minimum Gasteiger partial charge on any atom is -0.458 e. The highest BCUT2D eigenvalue weighted by Crippen LogP contribution is 2.61. The van der Waals surface area contributed by atoms with E-state index >= 15 is 0 Å². The van der Waals surface area contributed by atoms with Gasteiger partial charge in [0.1, 0.15) is 6.10 Å². The summed E-state index contributed by atoms with van der Waals surface area (Å²) >= 11 is 0. The molecule has 0 aliphatic heterocycles. The van der Waals surface area contributed by atoms with Crippen molar-refractivity contribution in [3.63, 3.8) is 0 Å². The zero-order chi connectivity index (χ0) is 17.5. The van der Waals surface area contributed by atoms with E-state index in [4.69, 9.17) is 10.5 Å². The van der Waals surface area contributed by atoms with Gasteiger partial charge in [-0.15, -0.1) is 0 Å². The van der Waals surface area contributed by atoms with Crippen molar-refractivity contribution in [1.82, 2.24) is 5.32 Å². The number of hydrogen-bond acceptors (Lipinski definition) is 3. The van der Waals surface area contributed by atoms with Gasteiger partial charge in [-0.25, -0.2) is 9.59 Å². The molecule has 0 spiro atoms. The van der Waals surface area contributed by atoms with Crippen LogP contribution >= 0.6 is 0 Å². The number of primary amides is 1. The molecule has 0 heterocycles. The number of nitrogens with one attached hydrogen (secondary N) is 1. The first-order chi connectivity index (χ1) is 11.3. The Labute approximate surface area is 142 Å². The topological polar surface area (TPSA) is 81.4 Å². The lowest BCUT2D eigenvalue weighted by molar-refractivity contribution is -0.156. The number of urea groups is 1. The highest BCUT2D eigenvalue weighted by atomic mass is 16.5. The number of amides is 2. The third-order valence-corrected chi connectivity index (χ3v) is 6.20. The Hall–Kier alpha value is -2.04. The molecule has 0 radical (unpaired) electrons. The first kappa shape index (κ1) is 16.8. The fourth-order valence-corrected chi connectivity index (χ4v) is 4.41. The van der Waals surface area contributed by atoms with E-state index in [-0.39, 0.29) is 12.1 Å². The van der Waals surface area contributed by atoms with Crippen molar-refractivity contribution in [3.8, 4) is 0 Å². The van der Waals surface area contributed by atoms with Crippen LogP contribution in [-0.2, 0) is 11.3 Å². The summed E-state index contributed by atoms with van der Waals surface area (Å²) in [5.41, 5.74) is 6.86. The largest absolute Gasteiger partial charge is 0.458 e. The lowest BCUT2D eigenvalue weighted by atomic mass is 9.45. The Bertz CT molecular complexity index is 639. The molecule has 4 rings (SSSR count). The summed E-state index contributed by atoms with van der Waals surface area (Å²) in [6.07, 6.45) is 2.26. The molecule has 3 saturated carbocycles. The van der Waals surface area contributed by atoms with E-state index in [1.54, 1.807) is 24.3 Å². The number of carbonyl (C=O) groups is 2. The van der Waals surface area contributed by atoms with Crippen molar-refractivity contribution in [2.24, 2.45) is 28.9 Å². The maximum atomic E-state index is 12.4. The molecule has 2 amide bonds. The van der Waals surface area contributed by atoms with Crippen molar-refractivity contribution in [3.05, 3.63) is 35.4 Å². The molecule has 130 valence electrons. The van der Waals surface area contributed by atoms with Gasteiger partial charge in [-0.05, 0) is 53.7 Å². The zero-order valence-electron chi connectivity index (χ0n) is 14.5. The van der Waals surface area contributed by atoms with Crippen LogP contribution in [0.1, 0.15) is 49.5 Å². The third kappa shape index (κ3) is 2.99. The van der Waals surface area contributed by atoms with Gasteiger partial charge < -0.3 is 15.8 Å². The van der Waals surface area contributed by atoms with Gasteiger partial charge in [0.05, 0.1) is 5.56 Å². The number of carbonyl (C=O) groups excluding carboxylic acids is 2. The second kappa shape index (κ2) is 6.11. The van der Waals surface area contributed by atoms with Gasteiger partial charge in [0, 0.05) is 6.54 Å². The van der Waals surface area contributed by atoms with Crippen LogP contribution in [0.25, 0.3) is 0 Å². The molecular weight excluding hydrogens is 304 g/mol. The summed E-state index contributed by atoms with van der Waals surface area (Å²) in [5, 5.41) is 2.52. The molecule has 3 fully saturated rings. The van der Waals surface area contributed by atoms with Crippen LogP contribution in [-0.4, -0.2) is 18.1 Å². The molecule has 1 aromatic rings. The molecule has 5 heteroatoms. The van der Waals surface area contributed by atoms with Crippen LogP contribution in [0.5, 0.6) is 0 Å². The molecule has 0 saturated heterocycles. The lowest BCUT2D eigenvalue weighted by Crippen LogP contribution is -2.57. The monoisotopic (exact) mass is 330 g/mol. The van der Waals surface area contributed by atoms with Crippen LogP contribution in [0, 0.1) is 23.2 Å². The standard InChI is InChI=1S/C19H26N2O3/c1-11-15-8-14(19(15,2)3)9-16(11)24-17(22)13-6-4-12(5-7-13)10-21-18(20)23/h4-7,11,14-16H,8-10H2,1-3H3,(H3,20,21,23)/t11-,14+,15+,16+/m0/s1. The van der Waals surface area contributed by atoms with Crippen LogP contribution < -0.4 is 11.1 Å². The Morgan fingerprint density at radius 3 is 2.46 bits per heavy atom. The SMILES string of the molecule is C[C@H]1[C@H]2C[C@H](C[C@H]1OC(=O)c1ccc(CNC(N)=O)cc1)C2(C)C. The molecule has 3 aliphatic carbocycles. The summed E-state index contributed by atoms with van der Waals surface area (Å²) in [4.78, 5) is 23.1.